The Hall–Kier alpha value is -3.02. The van der Waals surface area contributed by atoms with Crippen LogP contribution >= 0.6 is 0 Å². The van der Waals surface area contributed by atoms with Gasteiger partial charge in [0.1, 0.15) is 5.75 Å². The van der Waals surface area contributed by atoms with Crippen molar-refractivity contribution in [1.82, 2.24) is 0 Å². The van der Waals surface area contributed by atoms with Crippen molar-refractivity contribution in [3.05, 3.63) is 48.5 Å². The van der Waals surface area contributed by atoms with Crippen LogP contribution in [0.1, 0.15) is 26.2 Å². The fraction of sp³-hybridized carbons (Fsp3) is 0.333. The number of nitrogens with zero attached hydrogens (tertiary/aromatic N) is 1. The van der Waals surface area contributed by atoms with E-state index < -0.39 is 11.8 Å². The summed E-state index contributed by atoms with van der Waals surface area (Å²) < 4.78 is 5.46. The summed E-state index contributed by atoms with van der Waals surface area (Å²) in [7, 11) is 0. The molecule has 3 rings (SSSR count). The molecule has 0 saturated carbocycles. The molecule has 0 aliphatic carbocycles. The van der Waals surface area contributed by atoms with Crippen molar-refractivity contribution in [2.75, 3.05) is 35.2 Å². The lowest BCUT2D eigenvalue weighted by molar-refractivity contribution is -0.133. The van der Waals surface area contributed by atoms with E-state index in [2.05, 4.69) is 15.5 Å². The molecule has 0 atom stereocenters. The Bertz CT molecular complexity index is 784. The van der Waals surface area contributed by atoms with Gasteiger partial charge < -0.3 is 20.3 Å². The number of piperidine rings is 1. The monoisotopic (exact) mass is 367 g/mol. The molecule has 0 spiro atoms. The lowest BCUT2D eigenvalue weighted by Crippen LogP contribution is -2.30. The van der Waals surface area contributed by atoms with Crippen LogP contribution < -0.4 is 20.3 Å². The van der Waals surface area contributed by atoms with Gasteiger partial charge in [0.05, 0.1) is 12.3 Å². The van der Waals surface area contributed by atoms with E-state index in [1.807, 2.05) is 37.3 Å². The molecule has 0 bridgehead atoms. The number of hydrogen-bond acceptors (Lipinski definition) is 4. The summed E-state index contributed by atoms with van der Waals surface area (Å²) >= 11 is 0. The Morgan fingerprint density at radius 2 is 1.59 bits per heavy atom. The van der Waals surface area contributed by atoms with E-state index in [-0.39, 0.29) is 0 Å². The molecular formula is C21H25N3O3. The maximum atomic E-state index is 12.2. The zero-order valence-corrected chi connectivity index (χ0v) is 15.5. The number of ether oxygens (including phenoxy) is 1. The molecule has 0 unspecified atom stereocenters. The van der Waals surface area contributed by atoms with E-state index in [0.29, 0.717) is 23.7 Å². The lowest BCUT2D eigenvalue weighted by Gasteiger charge is -2.28. The Balaban J connectivity index is 1.59. The minimum atomic E-state index is -0.734. The number of anilines is 3. The molecular weight excluding hydrogens is 342 g/mol. The molecule has 0 aromatic heterocycles. The van der Waals surface area contributed by atoms with Gasteiger partial charge in [0.2, 0.25) is 0 Å². The quantitative estimate of drug-likeness (QED) is 0.792. The maximum absolute atomic E-state index is 12.2. The van der Waals surface area contributed by atoms with E-state index >= 15 is 0 Å². The molecule has 1 aliphatic rings. The molecule has 1 fully saturated rings. The first-order valence-electron chi connectivity index (χ1n) is 9.36. The van der Waals surface area contributed by atoms with Crippen molar-refractivity contribution in [3.63, 3.8) is 0 Å². The third-order valence-corrected chi connectivity index (χ3v) is 4.49. The topological polar surface area (TPSA) is 70.7 Å². The molecule has 2 N–H and O–H groups in total. The van der Waals surface area contributed by atoms with Gasteiger partial charge in [0.25, 0.3) is 0 Å². The van der Waals surface area contributed by atoms with Crippen molar-refractivity contribution < 1.29 is 14.3 Å². The van der Waals surface area contributed by atoms with Gasteiger partial charge in [-0.2, -0.15) is 0 Å². The number of amides is 2. The van der Waals surface area contributed by atoms with E-state index in [0.717, 1.165) is 18.8 Å². The van der Waals surface area contributed by atoms with Crippen LogP contribution in [-0.4, -0.2) is 31.5 Å². The number of hydrogen-bond donors (Lipinski definition) is 2. The molecule has 27 heavy (non-hydrogen) atoms. The van der Waals surface area contributed by atoms with Crippen LogP contribution in [0.3, 0.4) is 0 Å². The predicted octanol–water partition coefficient (Wildman–Crippen LogP) is 3.65. The molecule has 2 aromatic rings. The van der Waals surface area contributed by atoms with Gasteiger partial charge in [-0.15, -0.1) is 0 Å². The van der Waals surface area contributed by atoms with Gasteiger partial charge in [-0.25, -0.2) is 0 Å². The van der Waals surface area contributed by atoms with Crippen LogP contribution in [0.25, 0.3) is 0 Å². The molecule has 142 valence electrons. The van der Waals surface area contributed by atoms with Crippen molar-refractivity contribution in [2.45, 2.75) is 26.2 Å². The molecule has 1 aliphatic heterocycles. The number of para-hydroxylation sites is 2. The second-order valence-electron chi connectivity index (χ2n) is 6.43. The van der Waals surface area contributed by atoms with Crippen LogP contribution in [0.15, 0.2) is 48.5 Å². The summed E-state index contributed by atoms with van der Waals surface area (Å²) in [6.45, 7) is 4.46. The van der Waals surface area contributed by atoms with E-state index in [4.69, 9.17) is 4.74 Å². The second-order valence-corrected chi connectivity index (χ2v) is 6.43. The Morgan fingerprint density at radius 1 is 0.926 bits per heavy atom. The summed E-state index contributed by atoms with van der Waals surface area (Å²) in [4.78, 5) is 26.7. The normalized spacial score (nSPS) is 13.7. The van der Waals surface area contributed by atoms with Crippen molar-refractivity contribution in [1.29, 1.82) is 0 Å². The highest BCUT2D eigenvalue weighted by Gasteiger charge is 2.16. The zero-order valence-electron chi connectivity index (χ0n) is 15.5. The summed E-state index contributed by atoms with van der Waals surface area (Å²) in [5.41, 5.74) is 2.21. The van der Waals surface area contributed by atoms with Crippen LogP contribution in [0.4, 0.5) is 17.1 Å². The first-order valence-corrected chi connectivity index (χ1v) is 9.36. The molecule has 2 amide bonds. The summed E-state index contributed by atoms with van der Waals surface area (Å²) in [6.07, 6.45) is 3.70. The van der Waals surface area contributed by atoms with Crippen LogP contribution in [0.5, 0.6) is 5.75 Å². The third kappa shape index (κ3) is 5.00. The van der Waals surface area contributed by atoms with Gasteiger partial charge in [-0.1, -0.05) is 12.1 Å². The lowest BCUT2D eigenvalue weighted by atomic mass is 10.1. The SMILES string of the molecule is CCOc1ccccc1NC(=O)C(=O)Nc1ccc(N2CCCCC2)cc1. The largest absolute Gasteiger partial charge is 0.492 e. The van der Waals surface area contributed by atoms with Gasteiger partial charge in [-0.3, -0.25) is 9.59 Å². The fourth-order valence-electron chi connectivity index (χ4n) is 3.13. The third-order valence-electron chi connectivity index (χ3n) is 4.49. The highest BCUT2D eigenvalue weighted by atomic mass is 16.5. The first kappa shape index (κ1) is 18.8. The molecule has 6 nitrogen and oxygen atoms in total. The zero-order chi connectivity index (χ0) is 19.1. The Kier molecular flexibility index (Phi) is 6.30. The Labute approximate surface area is 159 Å². The smallest absolute Gasteiger partial charge is 0.314 e. The molecule has 0 radical (unpaired) electrons. The first-order chi connectivity index (χ1) is 13.2. The van der Waals surface area contributed by atoms with Crippen LogP contribution in [0.2, 0.25) is 0 Å². The van der Waals surface area contributed by atoms with Crippen molar-refractivity contribution >= 4 is 28.9 Å². The summed E-state index contributed by atoms with van der Waals surface area (Å²) in [5, 5.41) is 5.23. The predicted molar refractivity (Wildman–Crippen MR) is 107 cm³/mol. The van der Waals surface area contributed by atoms with E-state index in [1.54, 1.807) is 18.2 Å². The highest BCUT2D eigenvalue weighted by molar-refractivity contribution is 6.43. The molecule has 1 saturated heterocycles. The van der Waals surface area contributed by atoms with Gasteiger partial charge in [0.15, 0.2) is 0 Å². The average Bonchev–Trinajstić information content (AvgIpc) is 2.71. The molecule has 6 heteroatoms. The van der Waals surface area contributed by atoms with Gasteiger partial charge in [0, 0.05) is 24.5 Å². The van der Waals surface area contributed by atoms with Gasteiger partial charge in [-0.05, 0) is 62.6 Å². The van der Waals surface area contributed by atoms with E-state index in [1.165, 1.54) is 19.3 Å². The standard InChI is InChI=1S/C21H25N3O3/c1-2-27-19-9-5-4-8-18(19)23-21(26)20(25)22-16-10-12-17(13-11-16)24-14-6-3-7-15-24/h4-5,8-13H,2-3,6-7,14-15H2,1H3,(H,22,25)(H,23,26). The Morgan fingerprint density at radius 3 is 2.30 bits per heavy atom. The summed E-state index contributed by atoms with van der Waals surface area (Å²) in [6, 6.07) is 14.6. The minimum Gasteiger partial charge on any atom is -0.492 e. The number of carbonyl (C=O) groups excluding carboxylic acids is 2. The maximum Gasteiger partial charge on any atom is 0.314 e. The average molecular weight is 367 g/mol. The van der Waals surface area contributed by atoms with Crippen LogP contribution in [-0.2, 0) is 9.59 Å². The van der Waals surface area contributed by atoms with Crippen molar-refractivity contribution in [2.24, 2.45) is 0 Å². The fourth-order valence-corrected chi connectivity index (χ4v) is 3.13. The molecule has 2 aromatic carbocycles. The van der Waals surface area contributed by atoms with E-state index in [9.17, 15) is 9.59 Å². The molecule has 1 heterocycles. The van der Waals surface area contributed by atoms with Crippen LogP contribution in [0, 0.1) is 0 Å². The highest BCUT2D eigenvalue weighted by Crippen LogP contribution is 2.24. The minimum absolute atomic E-state index is 0.472. The second kappa shape index (κ2) is 9.07. The number of rotatable bonds is 5. The van der Waals surface area contributed by atoms with Crippen molar-refractivity contribution in [3.8, 4) is 5.75 Å². The number of benzene rings is 2. The summed E-state index contributed by atoms with van der Waals surface area (Å²) in [5.74, 6) is -0.915. The number of carbonyl (C=O) groups is 2. The van der Waals surface area contributed by atoms with Gasteiger partial charge >= 0.3 is 11.8 Å². The number of nitrogens with one attached hydrogen (secondary N) is 2.